The molecular formula is H13CrN3O5. The van der Waals surface area contributed by atoms with E-state index >= 15 is 0 Å². The summed E-state index contributed by atoms with van der Waals surface area (Å²) >= 11 is -5.75. The van der Waals surface area contributed by atoms with Crippen LogP contribution in [0.1, 0.15) is 0 Å². The van der Waals surface area contributed by atoms with Crippen molar-refractivity contribution in [2.24, 2.45) is 0 Å². The van der Waals surface area contributed by atoms with Crippen LogP contribution in [0.4, 0.5) is 0 Å². The van der Waals surface area contributed by atoms with Gasteiger partial charge < -0.3 is 23.9 Å². The molecule has 0 amide bonds. The Morgan fingerprint density at radius 1 is 0.889 bits per heavy atom. The maximum absolute atomic E-state index is 8.59. The Balaban J connectivity index is -0.0000000133. The van der Waals surface area contributed by atoms with Gasteiger partial charge >= 0.3 is 29.5 Å². The van der Waals surface area contributed by atoms with Gasteiger partial charge in [-0.25, -0.2) is 0 Å². The molecule has 0 atom stereocenters. The first-order valence-corrected chi connectivity index (χ1v) is 2.75. The SMILES string of the molecule is [NH4+].[NH4+].[NH4+].[OH-].[O]=[Cr](=[O])([O-])[O-]. The third-order valence-corrected chi connectivity index (χ3v) is 0. The van der Waals surface area contributed by atoms with E-state index in [0.29, 0.717) is 0 Å². The molecule has 0 aliphatic carbocycles. The molecule has 0 aromatic carbocycles. The normalized spacial score (nSPS) is 6.44. The van der Waals surface area contributed by atoms with Crippen molar-refractivity contribution in [3.05, 3.63) is 0 Å². The predicted octanol–water partition coefficient (Wildman–Crippen LogP) is -1.67. The zero-order chi connectivity index (χ0) is 4.50. The average molecular weight is 187 g/mol. The summed E-state index contributed by atoms with van der Waals surface area (Å²) in [6.07, 6.45) is 0. The second-order valence-electron chi connectivity index (χ2n) is 0.408. The van der Waals surface area contributed by atoms with Gasteiger partial charge in [-0.1, -0.05) is 0 Å². The summed E-state index contributed by atoms with van der Waals surface area (Å²) in [7, 11) is 0. The number of hydrogen-bond acceptors (Lipinski definition) is 5. The number of quaternary nitrogens is 3. The maximum atomic E-state index is 8.59. The van der Waals surface area contributed by atoms with Gasteiger partial charge in [0.2, 0.25) is 0 Å². The summed E-state index contributed by atoms with van der Waals surface area (Å²) < 4.78 is 34.4. The molecule has 0 saturated heterocycles. The molecular weight excluding hydrogens is 174 g/mol. The van der Waals surface area contributed by atoms with Crippen molar-refractivity contribution >= 4 is 0 Å². The predicted molar refractivity (Wildman–Crippen MR) is 21.3 cm³/mol. The van der Waals surface area contributed by atoms with Gasteiger partial charge in [0.05, 0.1) is 0 Å². The zero-order valence-electron chi connectivity index (χ0n) is 5.49. The van der Waals surface area contributed by atoms with Gasteiger partial charge in [-0.3, -0.25) is 0 Å². The fourth-order valence-corrected chi connectivity index (χ4v) is 0. The van der Waals surface area contributed by atoms with Crippen LogP contribution in [0.25, 0.3) is 0 Å². The molecule has 8 nitrogen and oxygen atoms in total. The third kappa shape index (κ3) is 23700. The van der Waals surface area contributed by atoms with E-state index in [-0.39, 0.29) is 23.9 Å². The van der Waals surface area contributed by atoms with Crippen LogP contribution in [-0.2, 0) is 21.2 Å². The molecule has 0 aromatic rings. The molecule has 0 rings (SSSR count). The van der Waals surface area contributed by atoms with E-state index in [1.54, 1.807) is 0 Å². The van der Waals surface area contributed by atoms with Crippen molar-refractivity contribution in [2.75, 3.05) is 0 Å². The summed E-state index contributed by atoms with van der Waals surface area (Å²) in [5.41, 5.74) is 0. The molecule has 64 valence electrons. The molecule has 9 heavy (non-hydrogen) atoms. The monoisotopic (exact) mass is 187 g/mol. The minimum absolute atomic E-state index is 0. The second kappa shape index (κ2) is 10.8. The molecule has 0 bridgehead atoms. The van der Waals surface area contributed by atoms with Gasteiger partial charge in [0.1, 0.15) is 0 Å². The van der Waals surface area contributed by atoms with Gasteiger partial charge in [0.25, 0.3) is 0 Å². The summed E-state index contributed by atoms with van der Waals surface area (Å²) in [6.45, 7) is 0. The van der Waals surface area contributed by atoms with Gasteiger partial charge in [-0.2, -0.15) is 0 Å². The average Bonchev–Trinajstić information content (AvgIpc) is 0.722. The van der Waals surface area contributed by atoms with Gasteiger partial charge in [0, 0.05) is 0 Å². The molecule has 0 unspecified atom stereocenters. The molecule has 0 aromatic heterocycles. The molecule has 0 aliphatic heterocycles. The Kier molecular flexibility index (Phi) is 43.9. The van der Waals surface area contributed by atoms with Crippen molar-refractivity contribution in [3.63, 3.8) is 0 Å². The standard InChI is InChI=1S/Cr.3H3N.H2O.4O/h;3*1H3;1H2;;;;/q;;;;;;;2*-1/p+2. The first-order chi connectivity index (χ1) is 2.00. The van der Waals surface area contributed by atoms with Gasteiger partial charge in [-0.15, -0.1) is 0 Å². The summed E-state index contributed by atoms with van der Waals surface area (Å²) in [5, 5.41) is 0. The Bertz CT molecular complexity index is 95.4. The summed E-state index contributed by atoms with van der Waals surface area (Å²) in [4.78, 5) is 0. The molecule has 9 heteroatoms. The first kappa shape index (κ1) is 36.6. The van der Waals surface area contributed by atoms with Crippen molar-refractivity contribution < 1.29 is 35.0 Å². The van der Waals surface area contributed by atoms with Crippen LogP contribution in [0.5, 0.6) is 0 Å². The van der Waals surface area contributed by atoms with Crippen LogP contribution in [-0.4, -0.2) is 5.48 Å². The van der Waals surface area contributed by atoms with E-state index in [1.807, 2.05) is 0 Å². The summed E-state index contributed by atoms with van der Waals surface area (Å²) in [5.74, 6) is 0. The molecule has 0 saturated carbocycles. The van der Waals surface area contributed by atoms with Crippen LogP contribution in [0.15, 0.2) is 0 Å². The van der Waals surface area contributed by atoms with Crippen LogP contribution in [0.2, 0.25) is 0 Å². The second-order valence-corrected chi connectivity index (χ2v) is 1.68. The van der Waals surface area contributed by atoms with Gasteiger partial charge in [0.15, 0.2) is 0 Å². The molecule has 0 heterocycles. The van der Waals surface area contributed by atoms with E-state index in [0.717, 1.165) is 0 Å². The Labute approximate surface area is 54.3 Å². The number of rotatable bonds is 0. The van der Waals surface area contributed by atoms with Crippen molar-refractivity contribution in [1.29, 1.82) is 0 Å². The molecule has 0 radical (unpaired) electrons. The molecule has 0 fully saturated rings. The van der Waals surface area contributed by atoms with Crippen molar-refractivity contribution in [2.45, 2.75) is 0 Å². The Morgan fingerprint density at radius 3 is 0.889 bits per heavy atom. The van der Waals surface area contributed by atoms with Crippen molar-refractivity contribution in [3.8, 4) is 0 Å². The fourth-order valence-electron chi connectivity index (χ4n) is 0. The van der Waals surface area contributed by atoms with Gasteiger partial charge in [-0.05, 0) is 0 Å². The number of hydrogen-bond donors (Lipinski definition) is 3. The van der Waals surface area contributed by atoms with Crippen LogP contribution in [0, 0.1) is 0 Å². The third-order valence-electron chi connectivity index (χ3n) is 0. The van der Waals surface area contributed by atoms with E-state index < -0.39 is 13.6 Å². The Hall–Kier alpha value is -0.108. The van der Waals surface area contributed by atoms with Crippen molar-refractivity contribution in [1.82, 2.24) is 18.5 Å². The summed E-state index contributed by atoms with van der Waals surface area (Å²) in [6, 6.07) is 0. The van der Waals surface area contributed by atoms with E-state index in [1.165, 1.54) is 0 Å². The first-order valence-electron chi connectivity index (χ1n) is 0.667. The van der Waals surface area contributed by atoms with Crippen LogP contribution in [0.3, 0.4) is 0 Å². The minimum atomic E-state index is -5.75. The van der Waals surface area contributed by atoms with E-state index in [9.17, 15) is 0 Å². The van der Waals surface area contributed by atoms with E-state index in [4.69, 9.17) is 15.9 Å². The fraction of sp³-hybridized carbons (Fsp3) is 0. The van der Waals surface area contributed by atoms with Crippen LogP contribution >= 0.6 is 0 Å². The zero-order valence-corrected chi connectivity index (χ0v) is 6.76. The van der Waals surface area contributed by atoms with Crippen LogP contribution < -0.4 is 26.8 Å². The van der Waals surface area contributed by atoms with E-state index in [2.05, 4.69) is 0 Å². The quantitative estimate of drug-likeness (QED) is 0.403. The topological polar surface area (TPSA) is 220 Å². The molecule has 13 N–H and O–H groups in total. The molecule has 0 aliphatic rings. The Morgan fingerprint density at radius 2 is 0.889 bits per heavy atom. The molecule has 0 spiro atoms.